The number of carbonyl (C=O) groups is 2. The molecule has 0 bridgehead atoms. The lowest BCUT2D eigenvalue weighted by atomic mass is 10.1. The third-order valence-electron chi connectivity index (χ3n) is 4.50. The second-order valence-corrected chi connectivity index (χ2v) is 8.10. The molecule has 0 saturated carbocycles. The number of hydrogen-bond acceptors (Lipinski definition) is 5. The Labute approximate surface area is 182 Å². The third-order valence-corrected chi connectivity index (χ3v) is 5.94. The van der Waals surface area contributed by atoms with Gasteiger partial charge in [-0.1, -0.05) is 23.7 Å². The summed E-state index contributed by atoms with van der Waals surface area (Å²) in [5, 5.41) is 4.21. The van der Waals surface area contributed by atoms with Crippen molar-refractivity contribution in [3.63, 3.8) is 0 Å². The van der Waals surface area contributed by atoms with Gasteiger partial charge < -0.3 is 9.88 Å². The number of halogens is 1. The summed E-state index contributed by atoms with van der Waals surface area (Å²) in [6, 6.07) is 14.1. The number of nitrogens with one attached hydrogen (secondary N) is 1. The van der Waals surface area contributed by atoms with E-state index in [9.17, 15) is 9.59 Å². The van der Waals surface area contributed by atoms with Crippen LogP contribution >= 0.6 is 22.9 Å². The van der Waals surface area contributed by atoms with E-state index in [1.807, 2.05) is 18.2 Å². The topological polar surface area (TPSA) is 76.9 Å². The van der Waals surface area contributed by atoms with Crippen LogP contribution in [-0.4, -0.2) is 26.2 Å². The molecule has 2 heterocycles. The lowest BCUT2D eigenvalue weighted by Crippen LogP contribution is -2.12. The van der Waals surface area contributed by atoms with Crippen molar-refractivity contribution in [3.05, 3.63) is 87.9 Å². The maximum atomic E-state index is 12.7. The zero-order chi connectivity index (χ0) is 21.3. The Morgan fingerprint density at radius 1 is 1.13 bits per heavy atom. The Kier molecular flexibility index (Phi) is 5.48. The number of aryl methyl sites for hydroxylation is 2. The van der Waals surface area contributed by atoms with E-state index >= 15 is 0 Å². The number of hydrogen-bond donors (Lipinski definition) is 1. The summed E-state index contributed by atoms with van der Waals surface area (Å²) in [6.07, 6.45) is 3.30. The van der Waals surface area contributed by atoms with Crippen molar-refractivity contribution in [2.24, 2.45) is 7.05 Å². The summed E-state index contributed by atoms with van der Waals surface area (Å²) < 4.78 is 1.67. The first kappa shape index (κ1) is 20.0. The summed E-state index contributed by atoms with van der Waals surface area (Å²) in [6.45, 7) is 1.80. The minimum atomic E-state index is -0.249. The molecule has 30 heavy (non-hydrogen) atoms. The number of ketones is 1. The molecular formula is C22H17ClN4O2S. The number of rotatable bonds is 5. The smallest absolute Gasteiger partial charge is 0.267 e. The van der Waals surface area contributed by atoms with Crippen LogP contribution < -0.4 is 5.32 Å². The number of amides is 1. The lowest BCUT2D eigenvalue weighted by Gasteiger charge is -2.06. The summed E-state index contributed by atoms with van der Waals surface area (Å²) in [5.74, 6) is -0.0630. The van der Waals surface area contributed by atoms with Crippen LogP contribution in [0.4, 0.5) is 5.69 Å². The first-order valence-electron chi connectivity index (χ1n) is 9.09. The molecule has 0 spiro atoms. The predicted octanol–water partition coefficient (Wildman–Crippen LogP) is 4.99. The first-order valence-corrected chi connectivity index (χ1v) is 10.3. The van der Waals surface area contributed by atoms with Crippen molar-refractivity contribution in [3.8, 4) is 10.6 Å². The van der Waals surface area contributed by atoms with Gasteiger partial charge in [0.2, 0.25) is 5.78 Å². The van der Waals surface area contributed by atoms with Gasteiger partial charge >= 0.3 is 0 Å². The predicted molar refractivity (Wildman–Crippen MR) is 118 cm³/mol. The van der Waals surface area contributed by atoms with Gasteiger partial charge in [-0.3, -0.25) is 9.59 Å². The van der Waals surface area contributed by atoms with Gasteiger partial charge in [0.15, 0.2) is 5.82 Å². The molecule has 6 nitrogen and oxygen atoms in total. The van der Waals surface area contributed by atoms with Gasteiger partial charge in [-0.05, 0) is 43.3 Å². The number of thiazole rings is 1. The van der Waals surface area contributed by atoms with Crippen LogP contribution in [0.1, 0.15) is 31.5 Å². The van der Waals surface area contributed by atoms with Gasteiger partial charge in [-0.25, -0.2) is 9.97 Å². The summed E-state index contributed by atoms with van der Waals surface area (Å²) >= 11 is 7.37. The van der Waals surface area contributed by atoms with E-state index < -0.39 is 0 Å². The Bertz CT molecular complexity index is 1240. The number of imidazole rings is 1. The minimum absolute atomic E-state index is 0.176. The molecular weight excluding hydrogens is 420 g/mol. The van der Waals surface area contributed by atoms with Crippen LogP contribution in [0, 0.1) is 6.92 Å². The standard InChI is InChI=1S/C22H17ClN4O2S/c1-13-19(30-22(25-13)15-4-3-5-16(23)12-15)21(29)26-17-8-6-14(7-9-17)18(28)20-24-10-11-27(20)2/h3-12H,1-2H3,(H,26,29). The molecule has 0 aliphatic carbocycles. The molecule has 0 saturated heterocycles. The maximum absolute atomic E-state index is 12.7. The molecule has 4 aromatic rings. The average molecular weight is 437 g/mol. The highest BCUT2D eigenvalue weighted by atomic mass is 35.5. The van der Waals surface area contributed by atoms with Crippen LogP contribution in [0.15, 0.2) is 60.9 Å². The summed E-state index contributed by atoms with van der Waals surface area (Å²) in [4.78, 5) is 34.4. The number of aromatic nitrogens is 3. The van der Waals surface area contributed by atoms with Crippen LogP contribution in [-0.2, 0) is 7.05 Å². The van der Waals surface area contributed by atoms with E-state index in [0.29, 0.717) is 32.7 Å². The Morgan fingerprint density at radius 3 is 2.57 bits per heavy atom. The molecule has 0 fully saturated rings. The Hall–Kier alpha value is -3.29. The molecule has 1 amide bonds. The molecule has 0 aliphatic rings. The van der Waals surface area contributed by atoms with E-state index in [-0.39, 0.29) is 11.7 Å². The molecule has 0 radical (unpaired) electrons. The normalized spacial score (nSPS) is 10.8. The first-order chi connectivity index (χ1) is 14.4. The SMILES string of the molecule is Cc1nc(-c2cccc(Cl)c2)sc1C(=O)Nc1ccc(C(=O)c2nccn2C)cc1. The highest BCUT2D eigenvalue weighted by molar-refractivity contribution is 7.17. The van der Waals surface area contributed by atoms with E-state index in [4.69, 9.17) is 11.6 Å². The van der Waals surface area contributed by atoms with Gasteiger partial charge in [0, 0.05) is 41.3 Å². The van der Waals surface area contributed by atoms with E-state index in [0.717, 1.165) is 10.6 Å². The van der Waals surface area contributed by atoms with E-state index in [1.165, 1.54) is 11.3 Å². The van der Waals surface area contributed by atoms with Gasteiger partial charge in [-0.15, -0.1) is 11.3 Å². The van der Waals surface area contributed by atoms with Gasteiger partial charge in [-0.2, -0.15) is 0 Å². The lowest BCUT2D eigenvalue weighted by molar-refractivity contribution is 0.102. The van der Waals surface area contributed by atoms with Crippen molar-refractivity contribution in [2.75, 3.05) is 5.32 Å². The molecule has 0 aliphatic heterocycles. The number of carbonyl (C=O) groups excluding carboxylic acids is 2. The van der Waals surface area contributed by atoms with E-state index in [2.05, 4.69) is 15.3 Å². The molecule has 2 aromatic heterocycles. The fourth-order valence-corrected chi connectivity index (χ4v) is 4.11. The monoisotopic (exact) mass is 436 g/mol. The summed E-state index contributed by atoms with van der Waals surface area (Å²) in [5.41, 5.74) is 2.61. The fourth-order valence-electron chi connectivity index (χ4n) is 2.96. The zero-order valence-electron chi connectivity index (χ0n) is 16.2. The van der Waals surface area contributed by atoms with Crippen molar-refractivity contribution >= 4 is 40.3 Å². The number of benzene rings is 2. The molecule has 8 heteroatoms. The Morgan fingerprint density at radius 2 is 1.90 bits per heavy atom. The maximum Gasteiger partial charge on any atom is 0.267 e. The average Bonchev–Trinajstić information content (AvgIpc) is 3.33. The highest BCUT2D eigenvalue weighted by Crippen LogP contribution is 2.30. The van der Waals surface area contributed by atoms with Crippen molar-refractivity contribution < 1.29 is 9.59 Å². The van der Waals surface area contributed by atoms with Crippen molar-refractivity contribution in [1.29, 1.82) is 0 Å². The second-order valence-electron chi connectivity index (χ2n) is 6.67. The Balaban J connectivity index is 1.50. The van der Waals surface area contributed by atoms with Crippen LogP contribution in [0.25, 0.3) is 10.6 Å². The molecule has 1 N–H and O–H groups in total. The second kappa shape index (κ2) is 8.22. The molecule has 0 atom stereocenters. The van der Waals surface area contributed by atoms with Crippen LogP contribution in [0.2, 0.25) is 5.02 Å². The molecule has 4 rings (SSSR count). The van der Waals surface area contributed by atoms with Crippen molar-refractivity contribution in [1.82, 2.24) is 14.5 Å². The number of anilines is 1. The quantitative estimate of drug-likeness (QED) is 0.447. The highest BCUT2D eigenvalue weighted by Gasteiger charge is 2.18. The number of nitrogens with zero attached hydrogens (tertiary/aromatic N) is 3. The molecule has 0 unspecified atom stereocenters. The van der Waals surface area contributed by atoms with E-state index in [1.54, 1.807) is 61.3 Å². The third kappa shape index (κ3) is 4.03. The van der Waals surface area contributed by atoms with Crippen LogP contribution in [0.5, 0.6) is 0 Å². The van der Waals surface area contributed by atoms with Crippen LogP contribution in [0.3, 0.4) is 0 Å². The fraction of sp³-hybridized carbons (Fsp3) is 0.0909. The van der Waals surface area contributed by atoms with Gasteiger partial charge in [0.25, 0.3) is 5.91 Å². The summed E-state index contributed by atoms with van der Waals surface area (Å²) in [7, 11) is 1.77. The minimum Gasteiger partial charge on any atom is -0.331 e. The molecule has 2 aromatic carbocycles. The zero-order valence-corrected chi connectivity index (χ0v) is 17.8. The van der Waals surface area contributed by atoms with Gasteiger partial charge in [0.1, 0.15) is 9.88 Å². The van der Waals surface area contributed by atoms with Crippen molar-refractivity contribution in [2.45, 2.75) is 6.92 Å². The molecule has 150 valence electrons. The van der Waals surface area contributed by atoms with Gasteiger partial charge in [0.05, 0.1) is 5.69 Å². The largest absolute Gasteiger partial charge is 0.331 e.